The molecule has 24 heavy (non-hydrogen) atoms. The van der Waals surface area contributed by atoms with E-state index in [-0.39, 0.29) is 24.2 Å². The van der Waals surface area contributed by atoms with E-state index in [9.17, 15) is 9.59 Å². The number of nitrogens with zero attached hydrogens (tertiary/aromatic N) is 1. The van der Waals surface area contributed by atoms with Crippen LogP contribution in [0.5, 0.6) is 0 Å². The molecule has 1 aromatic heterocycles. The summed E-state index contributed by atoms with van der Waals surface area (Å²) >= 11 is 0. The van der Waals surface area contributed by atoms with Gasteiger partial charge in [-0.1, -0.05) is 30.3 Å². The van der Waals surface area contributed by atoms with Crippen LogP contribution in [-0.2, 0) is 16.0 Å². The van der Waals surface area contributed by atoms with Crippen LogP contribution in [0.4, 0.5) is 0 Å². The summed E-state index contributed by atoms with van der Waals surface area (Å²) in [5.41, 5.74) is 2.23. The lowest BCUT2D eigenvalue weighted by Crippen LogP contribution is -2.36. The third-order valence-corrected chi connectivity index (χ3v) is 4.40. The molecule has 1 fully saturated rings. The molecule has 1 aliphatic heterocycles. The molecule has 2 aromatic rings. The fraction of sp³-hybridized carbons (Fsp3) is 0.316. The van der Waals surface area contributed by atoms with Crippen molar-refractivity contribution in [1.29, 1.82) is 0 Å². The van der Waals surface area contributed by atoms with E-state index in [1.165, 1.54) is 18.9 Å². The minimum absolute atomic E-state index is 0.125. The van der Waals surface area contributed by atoms with Crippen LogP contribution < -0.4 is 5.32 Å². The average molecular weight is 324 g/mol. The Morgan fingerprint density at radius 1 is 1.21 bits per heavy atom. The topological polar surface area (TPSA) is 68.3 Å². The summed E-state index contributed by atoms with van der Waals surface area (Å²) < 4.78 is 4.65. The number of ether oxygens (including phenoxy) is 1. The Balaban J connectivity index is 1.69. The van der Waals surface area contributed by atoms with Crippen LogP contribution in [0.3, 0.4) is 0 Å². The van der Waals surface area contributed by atoms with Gasteiger partial charge in [0.25, 0.3) is 0 Å². The number of methoxy groups -OCH3 is 1. The summed E-state index contributed by atoms with van der Waals surface area (Å²) in [6.07, 6.45) is 2.66. The van der Waals surface area contributed by atoms with Crippen molar-refractivity contribution in [3.8, 4) is 0 Å². The second-order valence-electron chi connectivity index (χ2n) is 5.91. The summed E-state index contributed by atoms with van der Waals surface area (Å²) in [5.74, 6) is -0.102. The molecule has 5 heteroatoms. The Morgan fingerprint density at radius 2 is 2.00 bits per heavy atom. The van der Waals surface area contributed by atoms with Gasteiger partial charge in [-0.25, -0.2) is 4.79 Å². The molecule has 2 atom stereocenters. The summed E-state index contributed by atoms with van der Waals surface area (Å²) in [4.78, 5) is 28.3. The Hall–Kier alpha value is -2.53. The number of carbonyl (C=O) groups is 2. The maximum atomic E-state index is 12.7. The molecular weight excluding hydrogens is 304 g/mol. The van der Waals surface area contributed by atoms with Crippen molar-refractivity contribution < 1.29 is 14.3 Å². The molecule has 1 aliphatic rings. The number of pyridine rings is 1. The largest absolute Gasteiger partial charge is 0.465 e. The van der Waals surface area contributed by atoms with Gasteiger partial charge in [-0.3, -0.25) is 9.78 Å². The summed E-state index contributed by atoms with van der Waals surface area (Å²) in [5, 5.41) is 3.31. The van der Waals surface area contributed by atoms with Gasteiger partial charge in [-0.15, -0.1) is 0 Å². The number of Topliss-reactive ketones (excluding diaryl/α,β-unsaturated/α-hetero) is 1. The van der Waals surface area contributed by atoms with Crippen LogP contribution in [0, 0.1) is 0 Å². The van der Waals surface area contributed by atoms with Crippen molar-refractivity contribution >= 4 is 11.8 Å². The second-order valence-corrected chi connectivity index (χ2v) is 5.91. The van der Waals surface area contributed by atoms with Crippen molar-refractivity contribution in [2.45, 2.75) is 24.8 Å². The van der Waals surface area contributed by atoms with Gasteiger partial charge in [0.1, 0.15) is 0 Å². The number of carbonyl (C=O) groups excluding carboxylic acids is 2. The van der Waals surface area contributed by atoms with E-state index in [2.05, 4.69) is 27.2 Å². The minimum Gasteiger partial charge on any atom is -0.465 e. The molecule has 0 aliphatic carbocycles. The normalized spacial score (nSPS) is 19.9. The first kappa shape index (κ1) is 16.3. The fourth-order valence-electron chi connectivity index (χ4n) is 3.16. The zero-order valence-electron chi connectivity index (χ0n) is 13.6. The van der Waals surface area contributed by atoms with Crippen molar-refractivity contribution in [3.63, 3.8) is 0 Å². The maximum absolute atomic E-state index is 12.7. The molecule has 0 radical (unpaired) electrons. The SMILES string of the molecule is COC(=O)c1ccc(CC(=O)[C@H]2NCC[C@@H]2c2ccccc2)nc1. The molecule has 2 heterocycles. The van der Waals surface area contributed by atoms with Crippen molar-refractivity contribution in [1.82, 2.24) is 10.3 Å². The van der Waals surface area contributed by atoms with Crippen LogP contribution in [-0.4, -0.2) is 36.4 Å². The number of esters is 1. The molecule has 0 unspecified atom stereocenters. The van der Waals surface area contributed by atoms with Crippen molar-refractivity contribution in [2.75, 3.05) is 13.7 Å². The van der Waals surface area contributed by atoms with Crippen LogP contribution >= 0.6 is 0 Å². The lowest BCUT2D eigenvalue weighted by atomic mass is 9.88. The van der Waals surface area contributed by atoms with Gasteiger partial charge in [0.05, 0.1) is 25.1 Å². The predicted molar refractivity (Wildman–Crippen MR) is 89.9 cm³/mol. The van der Waals surface area contributed by atoms with Crippen LogP contribution in [0.15, 0.2) is 48.7 Å². The van der Waals surface area contributed by atoms with E-state index in [4.69, 9.17) is 0 Å². The number of aromatic nitrogens is 1. The smallest absolute Gasteiger partial charge is 0.339 e. The highest BCUT2D eigenvalue weighted by Gasteiger charge is 2.33. The highest BCUT2D eigenvalue weighted by molar-refractivity contribution is 5.89. The quantitative estimate of drug-likeness (QED) is 0.853. The molecule has 1 saturated heterocycles. The van der Waals surface area contributed by atoms with Gasteiger partial charge in [0.15, 0.2) is 5.78 Å². The first-order valence-electron chi connectivity index (χ1n) is 8.03. The standard InChI is InChI=1S/C19H20N2O3/c1-24-19(23)14-7-8-15(21-12-14)11-17(22)18-16(9-10-20-18)13-5-3-2-4-6-13/h2-8,12,16,18,20H,9-11H2,1H3/t16-,18+/m1/s1. The minimum atomic E-state index is -0.429. The number of rotatable bonds is 5. The van der Waals surface area contributed by atoms with E-state index < -0.39 is 5.97 Å². The van der Waals surface area contributed by atoms with E-state index in [0.29, 0.717) is 11.3 Å². The number of nitrogens with one attached hydrogen (secondary N) is 1. The fourth-order valence-corrected chi connectivity index (χ4v) is 3.16. The Morgan fingerprint density at radius 3 is 2.67 bits per heavy atom. The number of benzene rings is 1. The maximum Gasteiger partial charge on any atom is 0.339 e. The summed E-state index contributed by atoms with van der Waals surface area (Å²) in [7, 11) is 1.33. The monoisotopic (exact) mass is 324 g/mol. The van der Waals surface area contributed by atoms with Gasteiger partial charge < -0.3 is 10.1 Å². The van der Waals surface area contributed by atoms with Crippen LogP contribution in [0.2, 0.25) is 0 Å². The van der Waals surface area contributed by atoms with Gasteiger partial charge in [0.2, 0.25) is 0 Å². The van der Waals surface area contributed by atoms with Crippen molar-refractivity contribution in [2.24, 2.45) is 0 Å². The molecule has 5 nitrogen and oxygen atoms in total. The number of ketones is 1. The first-order valence-corrected chi connectivity index (χ1v) is 8.03. The van der Waals surface area contributed by atoms with Gasteiger partial charge in [-0.2, -0.15) is 0 Å². The third-order valence-electron chi connectivity index (χ3n) is 4.40. The molecule has 1 N–H and O–H groups in total. The zero-order chi connectivity index (χ0) is 16.9. The number of hydrogen-bond acceptors (Lipinski definition) is 5. The molecular formula is C19H20N2O3. The molecule has 0 bridgehead atoms. The highest BCUT2D eigenvalue weighted by atomic mass is 16.5. The zero-order valence-corrected chi connectivity index (χ0v) is 13.6. The lowest BCUT2D eigenvalue weighted by molar-refractivity contribution is -0.120. The molecule has 3 rings (SSSR count). The van der Waals surface area contributed by atoms with Gasteiger partial charge >= 0.3 is 5.97 Å². The first-order chi connectivity index (χ1) is 11.7. The second kappa shape index (κ2) is 7.36. The summed E-state index contributed by atoms with van der Waals surface area (Å²) in [6, 6.07) is 13.3. The molecule has 124 valence electrons. The highest BCUT2D eigenvalue weighted by Crippen LogP contribution is 2.28. The molecule has 1 aromatic carbocycles. The lowest BCUT2D eigenvalue weighted by Gasteiger charge is -2.18. The number of hydrogen-bond donors (Lipinski definition) is 1. The van der Waals surface area contributed by atoms with Gasteiger partial charge in [0, 0.05) is 17.8 Å². The Bertz CT molecular complexity index is 713. The van der Waals surface area contributed by atoms with E-state index in [0.717, 1.165) is 13.0 Å². The van der Waals surface area contributed by atoms with Crippen LogP contribution in [0.25, 0.3) is 0 Å². The molecule has 0 amide bonds. The predicted octanol–water partition coefficient (Wildman–Crippen LogP) is 2.13. The molecule has 0 spiro atoms. The van der Waals surface area contributed by atoms with Crippen molar-refractivity contribution in [3.05, 3.63) is 65.5 Å². The Labute approximate surface area is 141 Å². The Kier molecular flexibility index (Phi) is 5.01. The van der Waals surface area contributed by atoms with E-state index in [1.54, 1.807) is 12.1 Å². The van der Waals surface area contributed by atoms with E-state index in [1.807, 2.05) is 18.2 Å². The van der Waals surface area contributed by atoms with E-state index >= 15 is 0 Å². The van der Waals surface area contributed by atoms with Crippen LogP contribution in [0.1, 0.15) is 34.0 Å². The third kappa shape index (κ3) is 3.51. The van der Waals surface area contributed by atoms with Gasteiger partial charge in [-0.05, 0) is 30.7 Å². The average Bonchev–Trinajstić information content (AvgIpc) is 3.12. The summed E-state index contributed by atoms with van der Waals surface area (Å²) in [6.45, 7) is 0.838. The molecule has 0 saturated carbocycles.